The number of carbonyl (C=O) groups is 1. The number of furan rings is 1. The second-order valence-corrected chi connectivity index (χ2v) is 4.88. The molecule has 0 aromatic carbocycles. The third-order valence-electron chi connectivity index (χ3n) is 2.32. The highest BCUT2D eigenvalue weighted by atomic mass is 32.2. The number of rotatable bonds is 7. The zero-order valence-corrected chi connectivity index (χ0v) is 10.8. The van der Waals surface area contributed by atoms with Gasteiger partial charge >= 0.3 is 5.97 Å². The summed E-state index contributed by atoms with van der Waals surface area (Å²) in [7, 11) is 0. The van der Waals surface area contributed by atoms with E-state index in [2.05, 4.69) is 10.1 Å². The number of aromatic nitrogens is 2. The lowest BCUT2D eigenvalue weighted by Crippen LogP contribution is -2.30. The van der Waals surface area contributed by atoms with E-state index in [0.717, 1.165) is 0 Å². The summed E-state index contributed by atoms with van der Waals surface area (Å²) < 4.78 is 10.2. The van der Waals surface area contributed by atoms with Gasteiger partial charge in [-0.1, -0.05) is 5.16 Å². The Morgan fingerprint density at radius 1 is 1.58 bits per heavy atom. The Balaban J connectivity index is 1.77. The average Bonchev–Trinajstić information content (AvgIpc) is 3.04. The summed E-state index contributed by atoms with van der Waals surface area (Å²) in [5, 5.41) is 12.4. The molecule has 0 aliphatic heterocycles. The average molecular weight is 283 g/mol. The van der Waals surface area contributed by atoms with Crippen LogP contribution in [0, 0.1) is 0 Å². The molecule has 2 heterocycles. The molecule has 0 aliphatic rings. The standard InChI is InChI=1S/C11H13N3O4S/c12-7(11(15)16)3-5-19-6-9-13-10(18-14-9)8-2-1-4-17-8/h1-2,4,7H,3,5-6,12H2,(H,15,16). The van der Waals surface area contributed by atoms with Crippen LogP contribution in [0.5, 0.6) is 0 Å². The highest BCUT2D eigenvalue weighted by Crippen LogP contribution is 2.19. The van der Waals surface area contributed by atoms with Crippen LogP contribution in [0.2, 0.25) is 0 Å². The van der Waals surface area contributed by atoms with E-state index in [1.165, 1.54) is 18.0 Å². The summed E-state index contributed by atoms with van der Waals surface area (Å²) in [6, 6.07) is 2.65. The number of hydrogen-bond acceptors (Lipinski definition) is 7. The largest absolute Gasteiger partial charge is 0.480 e. The molecule has 102 valence electrons. The molecule has 3 N–H and O–H groups in total. The van der Waals surface area contributed by atoms with Gasteiger partial charge in [0.2, 0.25) is 0 Å². The molecular weight excluding hydrogens is 270 g/mol. The second-order valence-electron chi connectivity index (χ2n) is 3.78. The van der Waals surface area contributed by atoms with E-state index in [0.29, 0.717) is 35.4 Å². The van der Waals surface area contributed by atoms with Crippen LogP contribution in [-0.2, 0) is 10.5 Å². The van der Waals surface area contributed by atoms with Crippen LogP contribution in [0.3, 0.4) is 0 Å². The van der Waals surface area contributed by atoms with Crippen LogP contribution in [0.25, 0.3) is 11.7 Å². The maximum Gasteiger partial charge on any atom is 0.320 e. The predicted octanol–water partition coefficient (Wildman–Crippen LogP) is 1.36. The normalized spacial score (nSPS) is 12.5. The summed E-state index contributed by atoms with van der Waals surface area (Å²) in [4.78, 5) is 14.7. The van der Waals surface area contributed by atoms with E-state index in [4.69, 9.17) is 19.8 Å². The van der Waals surface area contributed by atoms with Crippen molar-refractivity contribution in [3.63, 3.8) is 0 Å². The molecular formula is C11H13N3O4S. The van der Waals surface area contributed by atoms with Crippen molar-refractivity contribution in [1.29, 1.82) is 0 Å². The van der Waals surface area contributed by atoms with Gasteiger partial charge in [0, 0.05) is 0 Å². The van der Waals surface area contributed by atoms with Gasteiger partial charge in [0.25, 0.3) is 5.89 Å². The van der Waals surface area contributed by atoms with E-state index >= 15 is 0 Å². The summed E-state index contributed by atoms with van der Waals surface area (Å²) in [6.45, 7) is 0. The molecule has 0 amide bonds. The zero-order chi connectivity index (χ0) is 13.7. The molecule has 0 fully saturated rings. The Labute approximate surface area is 113 Å². The fourth-order valence-corrected chi connectivity index (χ4v) is 2.17. The maximum atomic E-state index is 10.5. The van der Waals surface area contributed by atoms with Gasteiger partial charge in [0.05, 0.1) is 12.0 Å². The van der Waals surface area contributed by atoms with Crippen molar-refractivity contribution in [3.8, 4) is 11.7 Å². The molecule has 7 nitrogen and oxygen atoms in total. The van der Waals surface area contributed by atoms with Crippen molar-refractivity contribution < 1.29 is 18.8 Å². The minimum atomic E-state index is -0.986. The van der Waals surface area contributed by atoms with Gasteiger partial charge in [-0.3, -0.25) is 4.79 Å². The number of nitrogens with zero attached hydrogens (tertiary/aromatic N) is 2. The molecule has 2 aromatic rings. The van der Waals surface area contributed by atoms with Gasteiger partial charge in [0.15, 0.2) is 11.6 Å². The molecule has 2 rings (SSSR count). The van der Waals surface area contributed by atoms with Crippen molar-refractivity contribution in [2.24, 2.45) is 5.73 Å². The maximum absolute atomic E-state index is 10.5. The molecule has 8 heteroatoms. The number of carboxylic acid groups (broad SMARTS) is 1. The molecule has 0 bridgehead atoms. The predicted molar refractivity (Wildman–Crippen MR) is 68.4 cm³/mol. The van der Waals surface area contributed by atoms with Gasteiger partial charge < -0.3 is 19.8 Å². The lowest BCUT2D eigenvalue weighted by molar-refractivity contribution is -0.138. The smallest absolute Gasteiger partial charge is 0.320 e. The Kier molecular flexibility index (Phi) is 4.58. The van der Waals surface area contributed by atoms with E-state index in [-0.39, 0.29) is 0 Å². The Morgan fingerprint density at radius 3 is 3.11 bits per heavy atom. The third-order valence-corrected chi connectivity index (χ3v) is 3.31. The monoisotopic (exact) mass is 283 g/mol. The molecule has 0 saturated carbocycles. The molecule has 1 unspecified atom stereocenters. The van der Waals surface area contributed by atoms with Crippen LogP contribution in [0.15, 0.2) is 27.3 Å². The van der Waals surface area contributed by atoms with Crippen LogP contribution >= 0.6 is 11.8 Å². The minimum absolute atomic E-state index is 0.336. The first-order chi connectivity index (χ1) is 9.16. The van der Waals surface area contributed by atoms with Crippen molar-refractivity contribution in [2.45, 2.75) is 18.2 Å². The van der Waals surface area contributed by atoms with Crippen molar-refractivity contribution in [1.82, 2.24) is 10.1 Å². The molecule has 1 atom stereocenters. The number of nitrogens with two attached hydrogens (primary N) is 1. The highest BCUT2D eigenvalue weighted by molar-refractivity contribution is 7.98. The SMILES string of the molecule is NC(CCSCc1noc(-c2ccco2)n1)C(=O)O. The Bertz CT molecular complexity index is 526. The third kappa shape index (κ3) is 3.83. The zero-order valence-electron chi connectivity index (χ0n) is 9.98. The first-order valence-corrected chi connectivity index (χ1v) is 6.75. The Morgan fingerprint density at radius 2 is 2.42 bits per heavy atom. The van der Waals surface area contributed by atoms with E-state index < -0.39 is 12.0 Å². The van der Waals surface area contributed by atoms with Crippen LogP contribution in [0.1, 0.15) is 12.2 Å². The van der Waals surface area contributed by atoms with Gasteiger partial charge in [-0.2, -0.15) is 16.7 Å². The topological polar surface area (TPSA) is 115 Å². The number of carboxylic acids is 1. The van der Waals surface area contributed by atoms with Gasteiger partial charge in [-0.25, -0.2) is 0 Å². The number of thioether (sulfide) groups is 1. The van der Waals surface area contributed by atoms with E-state index in [1.54, 1.807) is 12.1 Å². The highest BCUT2D eigenvalue weighted by Gasteiger charge is 2.13. The van der Waals surface area contributed by atoms with E-state index in [1.807, 2.05) is 0 Å². The van der Waals surface area contributed by atoms with Gasteiger partial charge in [-0.05, 0) is 24.3 Å². The lowest BCUT2D eigenvalue weighted by atomic mass is 10.2. The molecule has 0 saturated heterocycles. The summed E-state index contributed by atoms with van der Waals surface area (Å²) in [6.07, 6.45) is 1.93. The van der Waals surface area contributed by atoms with Crippen molar-refractivity contribution in [2.75, 3.05) is 5.75 Å². The minimum Gasteiger partial charge on any atom is -0.480 e. The van der Waals surface area contributed by atoms with Gasteiger partial charge in [-0.15, -0.1) is 0 Å². The van der Waals surface area contributed by atoms with Crippen molar-refractivity contribution in [3.05, 3.63) is 24.2 Å². The van der Waals surface area contributed by atoms with Gasteiger partial charge in [0.1, 0.15) is 6.04 Å². The fourth-order valence-electron chi connectivity index (χ4n) is 1.31. The lowest BCUT2D eigenvalue weighted by Gasteiger charge is -2.04. The number of hydrogen-bond donors (Lipinski definition) is 2. The van der Waals surface area contributed by atoms with Crippen LogP contribution in [-0.4, -0.2) is 33.0 Å². The summed E-state index contributed by atoms with van der Waals surface area (Å²) >= 11 is 1.50. The fraction of sp³-hybridized carbons (Fsp3) is 0.364. The van der Waals surface area contributed by atoms with Crippen molar-refractivity contribution >= 4 is 17.7 Å². The molecule has 0 radical (unpaired) electrons. The molecule has 19 heavy (non-hydrogen) atoms. The van der Waals surface area contributed by atoms with Crippen LogP contribution < -0.4 is 5.73 Å². The summed E-state index contributed by atoms with van der Waals surface area (Å²) in [5.74, 6) is 1.58. The first kappa shape index (κ1) is 13.6. The summed E-state index contributed by atoms with van der Waals surface area (Å²) in [5.41, 5.74) is 5.39. The van der Waals surface area contributed by atoms with E-state index in [9.17, 15) is 4.79 Å². The molecule has 2 aromatic heterocycles. The first-order valence-electron chi connectivity index (χ1n) is 5.59. The Hall–Kier alpha value is -1.80. The quantitative estimate of drug-likeness (QED) is 0.732. The molecule has 0 aliphatic carbocycles. The second kappa shape index (κ2) is 6.39. The molecule has 0 spiro atoms. The van der Waals surface area contributed by atoms with Crippen LogP contribution in [0.4, 0.5) is 0 Å². The number of aliphatic carboxylic acids is 1.